The lowest BCUT2D eigenvalue weighted by Crippen LogP contribution is -2.40. The third-order valence-corrected chi connectivity index (χ3v) is 6.11. The van der Waals surface area contributed by atoms with Crippen molar-refractivity contribution in [1.29, 1.82) is 0 Å². The van der Waals surface area contributed by atoms with Crippen LogP contribution in [0.2, 0.25) is 0 Å². The Bertz CT molecular complexity index is 622. The van der Waals surface area contributed by atoms with Gasteiger partial charge in [-0.3, -0.25) is 0 Å². The topological polar surface area (TPSA) is 37.4 Å². The zero-order chi connectivity index (χ0) is 15.6. The van der Waals surface area contributed by atoms with Gasteiger partial charge in [0, 0.05) is 18.7 Å². The van der Waals surface area contributed by atoms with Gasteiger partial charge in [0.25, 0.3) is 0 Å². The van der Waals surface area contributed by atoms with Crippen LogP contribution in [0.1, 0.15) is 31.7 Å². The van der Waals surface area contributed by atoms with Gasteiger partial charge in [0.1, 0.15) is 10.7 Å². The number of hydrogen-bond acceptors (Lipinski definition) is 2. The molecule has 7 heteroatoms. The van der Waals surface area contributed by atoms with Crippen LogP contribution in [0.4, 0.5) is 8.78 Å². The molecule has 0 aromatic heterocycles. The van der Waals surface area contributed by atoms with Crippen molar-refractivity contribution in [2.24, 2.45) is 5.92 Å². The third kappa shape index (κ3) is 3.22. The van der Waals surface area contributed by atoms with Crippen molar-refractivity contribution in [3.05, 3.63) is 29.3 Å². The summed E-state index contributed by atoms with van der Waals surface area (Å²) >= 11 is 5.50. The summed E-state index contributed by atoms with van der Waals surface area (Å²) in [6, 6.07) is 1.93. The first kappa shape index (κ1) is 16.6. The molecule has 1 aliphatic heterocycles. The van der Waals surface area contributed by atoms with E-state index in [4.69, 9.17) is 11.6 Å². The van der Waals surface area contributed by atoms with Gasteiger partial charge >= 0.3 is 0 Å². The molecule has 118 valence electrons. The molecule has 1 heterocycles. The van der Waals surface area contributed by atoms with Crippen LogP contribution in [-0.4, -0.2) is 25.8 Å². The maximum absolute atomic E-state index is 14.2. The van der Waals surface area contributed by atoms with Crippen LogP contribution in [0.15, 0.2) is 17.0 Å². The monoisotopic (exact) mass is 337 g/mol. The number of alkyl halides is 1. The number of piperidine rings is 1. The van der Waals surface area contributed by atoms with Crippen LogP contribution < -0.4 is 0 Å². The minimum Gasteiger partial charge on any atom is -0.207 e. The molecule has 1 unspecified atom stereocenters. The molecule has 0 saturated carbocycles. The van der Waals surface area contributed by atoms with E-state index in [2.05, 4.69) is 0 Å². The van der Waals surface area contributed by atoms with Crippen molar-refractivity contribution in [2.45, 2.75) is 37.0 Å². The van der Waals surface area contributed by atoms with Crippen molar-refractivity contribution in [1.82, 2.24) is 4.31 Å². The van der Waals surface area contributed by atoms with E-state index in [0.29, 0.717) is 13.1 Å². The number of sulfonamides is 1. The molecule has 0 bridgehead atoms. The van der Waals surface area contributed by atoms with Crippen molar-refractivity contribution >= 4 is 21.6 Å². The van der Waals surface area contributed by atoms with Gasteiger partial charge in [-0.2, -0.15) is 4.31 Å². The van der Waals surface area contributed by atoms with Crippen molar-refractivity contribution in [3.8, 4) is 0 Å². The predicted molar refractivity (Wildman–Crippen MR) is 77.7 cm³/mol. The molecule has 21 heavy (non-hydrogen) atoms. The second-order valence-electron chi connectivity index (χ2n) is 5.25. The summed E-state index contributed by atoms with van der Waals surface area (Å²) in [7, 11) is -3.95. The highest BCUT2D eigenvalue weighted by Crippen LogP contribution is 2.29. The maximum Gasteiger partial charge on any atom is 0.246 e. The van der Waals surface area contributed by atoms with E-state index in [9.17, 15) is 17.2 Å². The lowest BCUT2D eigenvalue weighted by Gasteiger charge is -2.31. The highest BCUT2D eigenvalue weighted by Gasteiger charge is 2.32. The van der Waals surface area contributed by atoms with E-state index in [1.54, 1.807) is 0 Å². The summed E-state index contributed by atoms with van der Waals surface area (Å²) < 4.78 is 54.1. The number of hydrogen-bond donors (Lipinski definition) is 0. The summed E-state index contributed by atoms with van der Waals surface area (Å²) in [6.45, 7) is 2.75. The van der Waals surface area contributed by atoms with Crippen LogP contribution in [0, 0.1) is 17.6 Å². The van der Waals surface area contributed by atoms with E-state index >= 15 is 0 Å². The Balaban J connectivity index is 2.40. The molecule has 1 fully saturated rings. The molecule has 1 saturated heterocycles. The Morgan fingerprint density at radius 3 is 2.71 bits per heavy atom. The fourth-order valence-corrected chi connectivity index (χ4v) is 4.50. The first-order valence-corrected chi connectivity index (χ1v) is 8.92. The number of rotatable bonds is 4. The molecule has 0 amide bonds. The minimum absolute atomic E-state index is 0.282. The number of halogens is 3. The third-order valence-electron chi connectivity index (χ3n) is 3.96. The molecule has 1 aromatic carbocycles. The van der Waals surface area contributed by atoms with Gasteiger partial charge < -0.3 is 0 Å². The quantitative estimate of drug-likeness (QED) is 0.788. The Morgan fingerprint density at radius 2 is 2.10 bits per heavy atom. The highest BCUT2D eigenvalue weighted by molar-refractivity contribution is 7.89. The van der Waals surface area contributed by atoms with Gasteiger partial charge in [-0.15, -0.1) is 11.6 Å². The number of benzene rings is 1. The van der Waals surface area contributed by atoms with Crippen LogP contribution in [-0.2, 0) is 15.9 Å². The summed E-state index contributed by atoms with van der Waals surface area (Å²) in [5, 5.41) is 0. The molecule has 1 atom stereocenters. The number of nitrogens with zero attached hydrogens (tertiary/aromatic N) is 1. The Hall–Kier alpha value is -0.720. The summed E-state index contributed by atoms with van der Waals surface area (Å²) in [5.41, 5.74) is -0.401. The highest BCUT2D eigenvalue weighted by atomic mass is 35.5. The second kappa shape index (κ2) is 6.58. The van der Waals surface area contributed by atoms with Crippen LogP contribution in [0.25, 0.3) is 0 Å². The SMILES string of the molecule is CCC1CCCN(S(=O)(=O)c2ccc(F)c(CCl)c2F)C1. The van der Waals surface area contributed by atoms with Crippen LogP contribution in [0.3, 0.4) is 0 Å². The minimum atomic E-state index is -3.95. The van der Waals surface area contributed by atoms with Gasteiger partial charge in [-0.25, -0.2) is 17.2 Å². The van der Waals surface area contributed by atoms with Gasteiger partial charge in [0.05, 0.1) is 5.88 Å². The largest absolute Gasteiger partial charge is 0.246 e. The van der Waals surface area contributed by atoms with E-state index in [-0.39, 0.29) is 5.92 Å². The molecule has 0 aliphatic carbocycles. The molecular formula is C14H18ClF2NO2S. The maximum atomic E-state index is 14.2. The molecule has 3 nitrogen and oxygen atoms in total. The second-order valence-corrected chi connectivity index (χ2v) is 7.42. The Labute approximate surface area is 129 Å². The summed E-state index contributed by atoms with van der Waals surface area (Å²) in [6.07, 6.45) is 2.61. The predicted octanol–water partition coefficient (Wildman–Crippen LogP) is 3.51. The average molecular weight is 338 g/mol. The zero-order valence-corrected chi connectivity index (χ0v) is 13.4. The van der Waals surface area contributed by atoms with E-state index in [0.717, 1.165) is 31.4 Å². The van der Waals surface area contributed by atoms with E-state index in [1.165, 1.54) is 4.31 Å². The van der Waals surface area contributed by atoms with Crippen molar-refractivity contribution in [2.75, 3.05) is 13.1 Å². The lowest BCUT2D eigenvalue weighted by atomic mass is 9.97. The molecule has 2 rings (SSSR count). The van der Waals surface area contributed by atoms with Gasteiger partial charge in [-0.05, 0) is 30.9 Å². The fourth-order valence-electron chi connectivity index (χ4n) is 2.62. The lowest BCUT2D eigenvalue weighted by molar-refractivity contribution is 0.261. The van der Waals surface area contributed by atoms with Gasteiger partial charge in [0.2, 0.25) is 10.0 Å². The molecule has 0 radical (unpaired) electrons. The van der Waals surface area contributed by atoms with E-state index in [1.807, 2.05) is 6.92 Å². The van der Waals surface area contributed by atoms with Crippen LogP contribution >= 0.6 is 11.6 Å². The summed E-state index contributed by atoms with van der Waals surface area (Å²) in [5.74, 6) is -2.03. The van der Waals surface area contributed by atoms with E-state index < -0.39 is 38.0 Å². The smallest absolute Gasteiger partial charge is 0.207 e. The molecule has 0 spiro atoms. The summed E-state index contributed by atoms with van der Waals surface area (Å²) in [4.78, 5) is -0.490. The molecular weight excluding hydrogens is 320 g/mol. The normalized spacial score (nSPS) is 20.7. The molecule has 1 aliphatic rings. The zero-order valence-electron chi connectivity index (χ0n) is 11.8. The standard InChI is InChI=1S/C14H18ClF2NO2S/c1-2-10-4-3-7-18(9-10)21(19,20)13-6-5-12(16)11(8-15)14(13)17/h5-6,10H,2-4,7-9H2,1H3. The fraction of sp³-hybridized carbons (Fsp3) is 0.571. The van der Waals surface area contributed by atoms with Gasteiger partial charge in [0.15, 0.2) is 5.82 Å². The first-order valence-electron chi connectivity index (χ1n) is 6.94. The first-order chi connectivity index (χ1) is 9.91. The van der Waals surface area contributed by atoms with Crippen molar-refractivity contribution < 1.29 is 17.2 Å². The Morgan fingerprint density at radius 1 is 1.38 bits per heavy atom. The Kier molecular flexibility index (Phi) is 5.22. The molecule has 1 aromatic rings. The van der Waals surface area contributed by atoms with Crippen LogP contribution in [0.5, 0.6) is 0 Å². The van der Waals surface area contributed by atoms with Crippen molar-refractivity contribution in [3.63, 3.8) is 0 Å². The average Bonchev–Trinajstić information content (AvgIpc) is 2.47. The molecule has 0 N–H and O–H groups in total. The van der Waals surface area contributed by atoms with Gasteiger partial charge in [-0.1, -0.05) is 13.3 Å².